The fraction of sp³-hybridized carbons (Fsp3) is 0.0500. The van der Waals surface area contributed by atoms with E-state index < -0.39 is 11.6 Å². The summed E-state index contributed by atoms with van der Waals surface area (Å²) in [4.78, 5) is 13.3. The molecule has 2 aliphatic heterocycles. The molecule has 2 aliphatic rings. The molecule has 0 saturated heterocycles. The van der Waals surface area contributed by atoms with Gasteiger partial charge in [-0.15, -0.1) is 0 Å². The molecule has 0 atom stereocenters. The van der Waals surface area contributed by atoms with Gasteiger partial charge in [-0.3, -0.25) is 0 Å². The van der Waals surface area contributed by atoms with Crippen LogP contribution in [0.5, 0.6) is 23.0 Å². The third-order valence-electron chi connectivity index (χ3n) is 5.33. The molecule has 0 aromatic heterocycles. The summed E-state index contributed by atoms with van der Waals surface area (Å²) in [6.45, 7) is 0. The van der Waals surface area contributed by atoms with E-state index in [1.54, 1.807) is 12.1 Å². The van der Waals surface area contributed by atoms with Gasteiger partial charge in [0.2, 0.25) is 0 Å². The summed E-state index contributed by atoms with van der Waals surface area (Å²) in [6.07, 6.45) is 0. The molecule has 0 aliphatic carbocycles. The van der Waals surface area contributed by atoms with Gasteiger partial charge in [-0.1, -0.05) is 46.4 Å². The summed E-state index contributed by atoms with van der Waals surface area (Å²) in [7, 11) is 0. The van der Waals surface area contributed by atoms with E-state index in [-0.39, 0.29) is 116 Å². The quantitative estimate of drug-likeness (QED) is 0.119. The molecule has 15 heteroatoms. The Morgan fingerprint density at radius 1 is 0.771 bits per heavy atom. The molecule has 0 bridgehead atoms. The number of halogens is 8. The third-order valence-corrected chi connectivity index (χ3v) is 10.8. The van der Waals surface area contributed by atoms with Crippen LogP contribution in [-0.4, -0.2) is 16.2 Å². The Kier molecular flexibility index (Phi) is 10.5. The fourth-order valence-corrected chi connectivity index (χ4v) is 8.57. The van der Waals surface area contributed by atoms with Crippen molar-refractivity contribution < 1.29 is 86.4 Å². The van der Waals surface area contributed by atoms with E-state index in [9.17, 15) is 15.0 Å². The Balaban J connectivity index is 0.00000171. The number of phenols is 2. The van der Waals surface area contributed by atoms with E-state index in [2.05, 4.69) is 0 Å². The molecule has 0 fully saturated rings. The molecule has 3 aromatic rings. The standard InChI is InChI=1S/C20H4Cl4I4O5.2Na.2H/c21-9-7-8(10(22)12(24)11(9)23)20(33-19(7)31)3-1-5(25)15(29)13(27)17(3)32-18-4(20)2-6(26)16(30)14(18)28;;;;/h1-2,29-30H;;;;/q;2*+1;2*-1. The van der Waals surface area contributed by atoms with Crippen LogP contribution < -0.4 is 63.9 Å². The summed E-state index contributed by atoms with van der Waals surface area (Å²) < 4.78 is 14.1. The zero-order valence-electron chi connectivity index (χ0n) is 19.3. The van der Waals surface area contributed by atoms with Crippen LogP contribution in [0.15, 0.2) is 12.1 Å². The van der Waals surface area contributed by atoms with Crippen molar-refractivity contribution in [1.29, 1.82) is 0 Å². The molecule has 0 amide bonds. The van der Waals surface area contributed by atoms with Crippen molar-refractivity contribution in [3.63, 3.8) is 0 Å². The Hall–Kier alpha value is 2.61. The molecule has 0 saturated carbocycles. The molecule has 35 heavy (non-hydrogen) atoms. The Bertz CT molecular complexity index is 1420. The van der Waals surface area contributed by atoms with Crippen LogP contribution in [0.2, 0.25) is 20.1 Å². The molecule has 2 N–H and O–H groups in total. The van der Waals surface area contributed by atoms with Gasteiger partial charge in [0, 0.05) is 5.56 Å². The van der Waals surface area contributed by atoms with E-state index in [4.69, 9.17) is 55.9 Å². The van der Waals surface area contributed by atoms with Gasteiger partial charge in [0.25, 0.3) is 0 Å². The monoisotopic (exact) mass is 1020 g/mol. The van der Waals surface area contributed by atoms with E-state index in [0.717, 1.165) is 0 Å². The molecule has 0 radical (unpaired) electrons. The summed E-state index contributed by atoms with van der Waals surface area (Å²) in [6, 6.07) is 3.30. The Labute approximate surface area is 320 Å². The van der Waals surface area contributed by atoms with Crippen molar-refractivity contribution in [2.75, 3.05) is 0 Å². The van der Waals surface area contributed by atoms with Crippen LogP contribution in [-0.2, 0) is 10.3 Å². The average molecular weight is 1020 g/mol. The number of esters is 1. The minimum Gasteiger partial charge on any atom is -1.00 e. The summed E-state index contributed by atoms with van der Waals surface area (Å²) in [5, 5.41) is 21.0. The first-order valence-corrected chi connectivity index (χ1v) is 14.5. The van der Waals surface area contributed by atoms with Gasteiger partial charge in [-0.2, -0.15) is 0 Å². The van der Waals surface area contributed by atoms with E-state index in [0.29, 0.717) is 25.4 Å². The zero-order chi connectivity index (χ0) is 24.1. The van der Waals surface area contributed by atoms with Crippen molar-refractivity contribution in [3.8, 4) is 23.0 Å². The number of rotatable bonds is 0. The number of phenolic OH excluding ortho intramolecular Hbond substituents is 2. The van der Waals surface area contributed by atoms with Crippen molar-refractivity contribution in [2.45, 2.75) is 5.60 Å². The van der Waals surface area contributed by atoms with Crippen molar-refractivity contribution in [2.24, 2.45) is 0 Å². The SMILES string of the molecule is O=C1OC2(c3cc(I)c(O)c(I)c3Oc3c2cc(I)c(O)c3I)c2c(Cl)c(Cl)c(Cl)c(Cl)c21.[H-].[H-].[Na+].[Na+]. The Morgan fingerprint density at radius 2 is 1.20 bits per heavy atom. The number of fused-ring (bicyclic) bond motifs is 6. The van der Waals surface area contributed by atoms with Gasteiger partial charge in [-0.25, -0.2) is 4.79 Å². The number of hydrogen-bond donors (Lipinski definition) is 2. The zero-order valence-corrected chi connectivity index (χ0v) is 33.0. The summed E-state index contributed by atoms with van der Waals surface area (Å²) in [5.74, 6) is -0.246. The molecule has 174 valence electrons. The number of benzene rings is 3. The largest absolute Gasteiger partial charge is 1.00 e. The normalized spacial score (nSPS) is 14.2. The van der Waals surface area contributed by atoms with Crippen LogP contribution in [0.3, 0.4) is 0 Å². The van der Waals surface area contributed by atoms with Crippen molar-refractivity contribution in [1.82, 2.24) is 0 Å². The maximum absolute atomic E-state index is 13.3. The van der Waals surface area contributed by atoms with Crippen LogP contribution in [0.1, 0.15) is 29.9 Å². The molecule has 1 spiro atoms. The van der Waals surface area contributed by atoms with Gasteiger partial charge < -0.3 is 22.5 Å². The molecule has 5 rings (SSSR count). The van der Waals surface area contributed by atoms with Crippen LogP contribution in [0, 0.1) is 14.3 Å². The second kappa shape index (κ2) is 11.5. The van der Waals surface area contributed by atoms with Crippen LogP contribution in [0.4, 0.5) is 0 Å². The minimum atomic E-state index is -1.62. The van der Waals surface area contributed by atoms with Gasteiger partial charge in [0.1, 0.15) is 11.5 Å². The molecular weight excluding hydrogens is 1020 g/mol. The van der Waals surface area contributed by atoms with Crippen LogP contribution >= 0.6 is 137 Å². The van der Waals surface area contributed by atoms with E-state index in [1.165, 1.54) is 0 Å². The molecular formula is C20H6Cl4I4Na2O5. The molecule has 0 unspecified atom stereocenters. The number of carbonyl (C=O) groups excluding carboxylic acids is 1. The summed E-state index contributed by atoms with van der Waals surface area (Å²) in [5.41, 5.74) is -0.574. The second-order valence-corrected chi connectivity index (χ2v) is 13.0. The van der Waals surface area contributed by atoms with Gasteiger partial charge >= 0.3 is 65.1 Å². The fourth-order valence-electron chi connectivity index (χ4n) is 3.93. The van der Waals surface area contributed by atoms with Gasteiger partial charge in [-0.05, 0) is 102 Å². The Morgan fingerprint density at radius 3 is 1.66 bits per heavy atom. The smallest absolute Gasteiger partial charge is 1.00 e. The van der Waals surface area contributed by atoms with E-state index in [1.807, 2.05) is 90.4 Å². The molecule has 2 heterocycles. The first-order valence-electron chi connectivity index (χ1n) is 8.63. The summed E-state index contributed by atoms with van der Waals surface area (Å²) >= 11 is 33.7. The first-order chi connectivity index (χ1) is 15.4. The first kappa shape index (κ1) is 32.1. The predicted octanol–water partition coefficient (Wildman–Crippen LogP) is 2.93. The van der Waals surface area contributed by atoms with Crippen molar-refractivity contribution in [3.05, 3.63) is 68.8 Å². The second-order valence-electron chi connectivity index (χ2n) is 6.97. The maximum Gasteiger partial charge on any atom is 1.00 e. The maximum atomic E-state index is 13.3. The van der Waals surface area contributed by atoms with Gasteiger partial charge in [0.15, 0.2) is 17.1 Å². The topological polar surface area (TPSA) is 76.0 Å². The van der Waals surface area contributed by atoms with Crippen LogP contribution in [0.25, 0.3) is 0 Å². The minimum absolute atomic E-state index is 0. The average Bonchev–Trinajstić information content (AvgIpc) is 3.08. The molecule has 3 aromatic carbocycles. The number of carbonyl (C=O) groups is 1. The molecule has 5 nitrogen and oxygen atoms in total. The number of ether oxygens (including phenoxy) is 2. The van der Waals surface area contributed by atoms with E-state index >= 15 is 0 Å². The third kappa shape index (κ3) is 4.60. The number of hydrogen-bond acceptors (Lipinski definition) is 5. The van der Waals surface area contributed by atoms with Gasteiger partial charge in [0.05, 0.1) is 51.1 Å². The van der Waals surface area contributed by atoms with Crippen molar-refractivity contribution >= 4 is 143 Å². The number of aromatic hydroxyl groups is 2. The predicted molar refractivity (Wildman–Crippen MR) is 161 cm³/mol.